The van der Waals surface area contributed by atoms with E-state index in [1.165, 1.54) is 0 Å². The number of benzene rings is 1. The van der Waals surface area contributed by atoms with Gasteiger partial charge in [0.2, 0.25) is 0 Å². The first kappa shape index (κ1) is 8.04. The quantitative estimate of drug-likeness (QED) is 0.632. The van der Waals surface area contributed by atoms with E-state index in [9.17, 15) is 5.11 Å². The van der Waals surface area contributed by atoms with Crippen LogP contribution < -0.4 is 5.90 Å². The van der Waals surface area contributed by atoms with Crippen LogP contribution in [0.3, 0.4) is 0 Å². The summed E-state index contributed by atoms with van der Waals surface area (Å²) in [4.78, 5) is 4.39. The monoisotopic (exact) mass is 153 g/mol. The number of phenols is 1. The van der Waals surface area contributed by atoms with Crippen LogP contribution >= 0.6 is 0 Å². The number of hydrogen-bond acceptors (Lipinski definition) is 3. The van der Waals surface area contributed by atoms with Crippen LogP contribution in [0.4, 0.5) is 0 Å². The first-order valence-electron chi connectivity index (χ1n) is 3.43. The van der Waals surface area contributed by atoms with E-state index in [-0.39, 0.29) is 0 Å². The number of rotatable bonds is 3. The second-order valence-electron chi connectivity index (χ2n) is 2.25. The topological polar surface area (TPSA) is 55.5 Å². The molecule has 0 aliphatic carbocycles. The Kier molecular flexibility index (Phi) is 2.89. The average molecular weight is 153 g/mol. The minimum atomic E-state index is 0.296. The highest BCUT2D eigenvalue weighted by Crippen LogP contribution is 2.15. The van der Waals surface area contributed by atoms with E-state index >= 15 is 0 Å². The number of para-hydroxylation sites is 1. The van der Waals surface area contributed by atoms with E-state index in [1.807, 2.05) is 12.1 Å². The molecule has 0 radical (unpaired) electrons. The first-order chi connectivity index (χ1) is 5.34. The van der Waals surface area contributed by atoms with Crippen molar-refractivity contribution in [3.63, 3.8) is 0 Å². The van der Waals surface area contributed by atoms with Gasteiger partial charge in [-0.15, -0.1) is 0 Å². The predicted molar refractivity (Wildman–Crippen MR) is 42.0 cm³/mol. The van der Waals surface area contributed by atoms with Crippen LogP contribution in [0.25, 0.3) is 0 Å². The molecule has 0 unspecified atom stereocenters. The van der Waals surface area contributed by atoms with Gasteiger partial charge in [-0.2, -0.15) is 0 Å². The highest BCUT2D eigenvalue weighted by atomic mass is 16.6. The molecule has 0 aliphatic heterocycles. The van der Waals surface area contributed by atoms with Crippen molar-refractivity contribution in [3.8, 4) is 5.75 Å². The van der Waals surface area contributed by atoms with Crippen LogP contribution in [0.1, 0.15) is 5.56 Å². The molecule has 0 bridgehead atoms. The molecule has 11 heavy (non-hydrogen) atoms. The SMILES string of the molecule is NOCCc1ccccc1O. The summed E-state index contributed by atoms with van der Waals surface area (Å²) in [7, 11) is 0. The first-order valence-corrected chi connectivity index (χ1v) is 3.43. The fourth-order valence-corrected chi connectivity index (χ4v) is 0.891. The summed E-state index contributed by atoms with van der Waals surface area (Å²) in [6.45, 7) is 0.428. The van der Waals surface area contributed by atoms with E-state index in [4.69, 9.17) is 5.90 Å². The maximum absolute atomic E-state index is 9.24. The third-order valence-electron chi connectivity index (χ3n) is 1.48. The summed E-state index contributed by atoms with van der Waals surface area (Å²) >= 11 is 0. The summed E-state index contributed by atoms with van der Waals surface area (Å²) in [5.74, 6) is 5.14. The highest BCUT2D eigenvalue weighted by Gasteiger charge is 1.97. The van der Waals surface area contributed by atoms with E-state index in [0.717, 1.165) is 5.56 Å². The molecule has 3 heteroatoms. The Morgan fingerprint density at radius 2 is 2.09 bits per heavy atom. The maximum atomic E-state index is 9.24. The molecule has 0 aromatic heterocycles. The molecule has 1 aromatic rings. The largest absolute Gasteiger partial charge is 0.508 e. The van der Waals surface area contributed by atoms with E-state index in [0.29, 0.717) is 18.8 Å². The van der Waals surface area contributed by atoms with Gasteiger partial charge in [-0.05, 0) is 11.6 Å². The van der Waals surface area contributed by atoms with E-state index in [2.05, 4.69) is 4.84 Å². The van der Waals surface area contributed by atoms with Gasteiger partial charge in [-0.1, -0.05) is 18.2 Å². The van der Waals surface area contributed by atoms with Crippen LogP contribution in [0, 0.1) is 0 Å². The number of nitrogens with two attached hydrogens (primary N) is 1. The van der Waals surface area contributed by atoms with Gasteiger partial charge in [0.1, 0.15) is 5.75 Å². The summed E-state index contributed by atoms with van der Waals surface area (Å²) in [6.07, 6.45) is 0.642. The summed E-state index contributed by atoms with van der Waals surface area (Å²) in [5.41, 5.74) is 0.859. The van der Waals surface area contributed by atoms with E-state index < -0.39 is 0 Å². The number of hydrogen-bond donors (Lipinski definition) is 2. The van der Waals surface area contributed by atoms with Crippen molar-refractivity contribution in [1.82, 2.24) is 0 Å². The van der Waals surface area contributed by atoms with Crippen molar-refractivity contribution in [2.24, 2.45) is 5.90 Å². The molecule has 0 atom stereocenters. The Balaban J connectivity index is 2.62. The lowest BCUT2D eigenvalue weighted by atomic mass is 10.1. The van der Waals surface area contributed by atoms with Crippen molar-refractivity contribution in [1.29, 1.82) is 0 Å². The lowest BCUT2D eigenvalue weighted by molar-refractivity contribution is 0.141. The molecule has 0 fully saturated rings. The predicted octanol–water partition coefficient (Wildman–Crippen LogP) is 0.825. The Morgan fingerprint density at radius 1 is 1.36 bits per heavy atom. The molecule has 60 valence electrons. The molecule has 0 heterocycles. The summed E-state index contributed by atoms with van der Waals surface area (Å²) in [5, 5.41) is 9.24. The zero-order valence-electron chi connectivity index (χ0n) is 6.16. The van der Waals surface area contributed by atoms with Gasteiger partial charge in [0.15, 0.2) is 0 Å². The van der Waals surface area contributed by atoms with Crippen molar-refractivity contribution < 1.29 is 9.94 Å². The average Bonchev–Trinajstić information content (AvgIpc) is 2.03. The maximum Gasteiger partial charge on any atom is 0.118 e. The lowest BCUT2D eigenvalue weighted by Crippen LogP contribution is -2.03. The fourth-order valence-electron chi connectivity index (χ4n) is 0.891. The molecule has 0 amide bonds. The minimum Gasteiger partial charge on any atom is -0.508 e. The Labute approximate surface area is 65.4 Å². The molecule has 1 rings (SSSR count). The molecular formula is C8H11NO2. The normalized spacial score (nSPS) is 9.91. The van der Waals surface area contributed by atoms with Gasteiger partial charge in [0.25, 0.3) is 0 Å². The smallest absolute Gasteiger partial charge is 0.118 e. The van der Waals surface area contributed by atoms with Crippen molar-refractivity contribution in [2.45, 2.75) is 6.42 Å². The van der Waals surface area contributed by atoms with Gasteiger partial charge in [0.05, 0.1) is 6.61 Å². The molecule has 0 saturated heterocycles. The highest BCUT2D eigenvalue weighted by molar-refractivity contribution is 5.31. The molecule has 0 spiro atoms. The Bertz CT molecular complexity index is 225. The van der Waals surface area contributed by atoms with Crippen LogP contribution in [0.2, 0.25) is 0 Å². The molecule has 0 saturated carbocycles. The number of phenolic OH excluding ortho intramolecular Hbond substituents is 1. The fraction of sp³-hybridized carbons (Fsp3) is 0.250. The van der Waals surface area contributed by atoms with Crippen LogP contribution in [-0.4, -0.2) is 11.7 Å². The zero-order valence-corrected chi connectivity index (χ0v) is 6.16. The summed E-state index contributed by atoms with van der Waals surface area (Å²) < 4.78 is 0. The lowest BCUT2D eigenvalue weighted by Gasteiger charge is -2.01. The third-order valence-corrected chi connectivity index (χ3v) is 1.48. The second-order valence-corrected chi connectivity index (χ2v) is 2.25. The molecule has 3 N–H and O–H groups in total. The van der Waals surface area contributed by atoms with Crippen molar-refractivity contribution in [3.05, 3.63) is 29.8 Å². The molecule has 0 aliphatic rings. The van der Waals surface area contributed by atoms with Gasteiger partial charge < -0.3 is 9.94 Å². The van der Waals surface area contributed by atoms with Crippen molar-refractivity contribution in [2.75, 3.05) is 6.61 Å². The Hall–Kier alpha value is -1.06. The standard InChI is InChI=1S/C8H11NO2/c9-11-6-5-7-3-1-2-4-8(7)10/h1-4,10H,5-6,9H2. The Morgan fingerprint density at radius 3 is 2.73 bits per heavy atom. The minimum absolute atomic E-state index is 0.296. The molecule has 1 aromatic carbocycles. The molecular weight excluding hydrogens is 142 g/mol. The van der Waals surface area contributed by atoms with Crippen LogP contribution in [-0.2, 0) is 11.3 Å². The third kappa shape index (κ3) is 2.22. The second kappa shape index (κ2) is 3.95. The summed E-state index contributed by atoms with van der Waals surface area (Å²) in [6, 6.07) is 7.13. The van der Waals surface area contributed by atoms with Crippen LogP contribution in [0.5, 0.6) is 5.75 Å². The van der Waals surface area contributed by atoms with Gasteiger partial charge >= 0.3 is 0 Å². The van der Waals surface area contributed by atoms with E-state index in [1.54, 1.807) is 12.1 Å². The molecule has 3 nitrogen and oxygen atoms in total. The van der Waals surface area contributed by atoms with Crippen LogP contribution in [0.15, 0.2) is 24.3 Å². The van der Waals surface area contributed by atoms with Gasteiger partial charge in [0, 0.05) is 6.42 Å². The van der Waals surface area contributed by atoms with Gasteiger partial charge in [-0.3, -0.25) is 0 Å². The number of aromatic hydroxyl groups is 1. The van der Waals surface area contributed by atoms with Crippen molar-refractivity contribution >= 4 is 0 Å². The zero-order chi connectivity index (χ0) is 8.10. The van der Waals surface area contributed by atoms with Gasteiger partial charge in [-0.25, -0.2) is 5.90 Å².